The van der Waals surface area contributed by atoms with Crippen molar-refractivity contribution in [3.8, 4) is 11.4 Å². The Morgan fingerprint density at radius 3 is 1.61 bits per heavy atom. The van der Waals surface area contributed by atoms with Crippen LogP contribution in [0.15, 0.2) is 146 Å². The molecule has 0 aliphatic heterocycles. The summed E-state index contributed by atoms with van der Waals surface area (Å²) >= 11 is 3.80. The number of fused-ring (bicyclic) bond motifs is 15. The van der Waals surface area contributed by atoms with Crippen LogP contribution in [0.3, 0.4) is 0 Å². The number of benzene rings is 7. The van der Waals surface area contributed by atoms with Gasteiger partial charge in [-0.2, -0.15) is 0 Å². The molecule has 0 N–H and O–H groups in total. The van der Waals surface area contributed by atoms with Crippen molar-refractivity contribution in [2.45, 2.75) is 0 Å². The van der Waals surface area contributed by atoms with E-state index in [0.29, 0.717) is 0 Å². The molecule has 0 saturated heterocycles. The first-order chi connectivity index (χ1) is 22.8. The molecule has 11 aromatic rings. The normalized spacial score (nSPS) is 12.3. The molecule has 4 aromatic heterocycles. The molecule has 0 bridgehead atoms. The van der Waals surface area contributed by atoms with E-state index < -0.39 is 0 Å². The van der Waals surface area contributed by atoms with E-state index in [0.717, 1.165) is 0 Å². The number of hydrogen-bond donors (Lipinski definition) is 0. The lowest BCUT2D eigenvalue weighted by atomic mass is 10.0. The zero-order chi connectivity index (χ0) is 29.9. The van der Waals surface area contributed by atoms with Crippen LogP contribution in [0.4, 0.5) is 0 Å². The Morgan fingerprint density at radius 1 is 0.348 bits per heavy atom. The molecule has 0 saturated carbocycles. The molecule has 0 atom stereocenters. The quantitative estimate of drug-likeness (QED) is 0.182. The Balaban J connectivity index is 1.45. The van der Waals surface area contributed by atoms with Crippen LogP contribution in [-0.2, 0) is 0 Å². The topological polar surface area (TPSA) is 9.86 Å². The predicted molar refractivity (Wildman–Crippen MR) is 201 cm³/mol. The fraction of sp³-hybridized carbons (Fsp3) is 0. The lowest BCUT2D eigenvalue weighted by Crippen LogP contribution is -1.96. The average Bonchev–Trinajstić information content (AvgIpc) is 3.85. The number of nitrogens with zero attached hydrogens (tertiary/aromatic N) is 2. The van der Waals surface area contributed by atoms with Gasteiger partial charge in [0.1, 0.15) is 0 Å². The molecule has 0 aliphatic carbocycles. The van der Waals surface area contributed by atoms with Crippen LogP contribution in [-0.4, -0.2) is 9.13 Å². The molecule has 4 heterocycles. The number of rotatable bonds is 2. The minimum absolute atomic E-state index is 1.18. The molecule has 0 spiro atoms. The third kappa shape index (κ3) is 3.15. The van der Waals surface area contributed by atoms with Crippen molar-refractivity contribution in [2.24, 2.45) is 0 Å². The first-order valence-electron chi connectivity index (χ1n) is 15.6. The maximum Gasteiger partial charge on any atom is 0.0656 e. The second-order valence-corrected chi connectivity index (χ2v) is 14.2. The Bertz CT molecular complexity index is 3020. The van der Waals surface area contributed by atoms with Gasteiger partial charge in [0.25, 0.3) is 0 Å². The zero-order valence-corrected chi connectivity index (χ0v) is 26.2. The molecule has 0 unspecified atom stereocenters. The van der Waals surface area contributed by atoms with E-state index in [9.17, 15) is 0 Å². The van der Waals surface area contributed by atoms with Gasteiger partial charge in [0.05, 0.1) is 22.1 Å². The molecule has 0 aliphatic rings. The molecule has 11 rings (SSSR count). The van der Waals surface area contributed by atoms with Crippen molar-refractivity contribution in [1.29, 1.82) is 0 Å². The molecule has 0 fully saturated rings. The van der Waals surface area contributed by atoms with Gasteiger partial charge in [0.15, 0.2) is 0 Å². The van der Waals surface area contributed by atoms with Gasteiger partial charge in [-0.3, -0.25) is 0 Å². The standard InChI is InChI=1S/C42H24N2S2/c1-2-12-25(13-3-1)43-32-18-8-4-15-28(32)37-40-38(42-39(41(37)43)30-17-7-11-21-35(30)46-42)29-16-5-9-19-33(29)44(40)26-22-23-36-31(24-26)27-14-6-10-20-34(27)45-36/h1-24H. The van der Waals surface area contributed by atoms with Crippen LogP contribution < -0.4 is 0 Å². The molecular formula is C42H24N2S2. The highest BCUT2D eigenvalue weighted by atomic mass is 32.1. The van der Waals surface area contributed by atoms with E-state index in [2.05, 4.69) is 155 Å². The molecule has 4 heteroatoms. The van der Waals surface area contributed by atoms with Crippen LogP contribution in [0.25, 0.3) is 95.3 Å². The smallest absolute Gasteiger partial charge is 0.0656 e. The van der Waals surface area contributed by atoms with E-state index in [4.69, 9.17) is 0 Å². The van der Waals surface area contributed by atoms with E-state index in [-0.39, 0.29) is 0 Å². The molecule has 0 amide bonds. The Labute approximate surface area is 271 Å². The summed E-state index contributed by atoms with van der Waals surface area (Å²) in [6, 6.07) is 53.6. The van der Waals surface area contributed by atoms with Crippen molar-refractivity contribution in [3.05, 3.63) is 146 Å². The largest absolute Gasteiger partial charge is 0.308 e. The molecule has 0 radical (unpaired) electrons. The number of para-hydroxylation sites is 3. The number of hydrogen-bond acceptors (Lipinski definition) is 2. The lowest BCUT2D eigenvalue weighted by Gasteiger charge is -2.12. The fourth-order valence-corrected chi connectivity index (χ4v) is 10.2. The third-order valence-corrected chi connectivity index (χ3v) is 12.0. The molecule has 46 heavy (non-hydrogen) atoms. The summed E-state index contributed by atoms with van der Waals surface area (Å²) in [4.78, 5) is 0. The van der Waals surface area contributed by atoms with Crippen LogP contribution in [0.5, 0.6) is 0 Å². The van der Waals surface area contributed by atoms with Gasteiger partial charge < -0.3 is 9.13 Å². The van der Waals surface area contributed by atoms with Gasteiger partial charge in [-0.25, -0.2) is 0 Å². The summed E-state index contributed by atoms with van der Waals surface area (Å²) in [6.45, 7) is 0. The fourth-order valence-electron chi connectivity index (χ4n) is 7.85. The molecule has 2 nitrogen and oxygen atoms in total. The third-order valence-electron chi connectivity index (χ3n) is 9.68. The van der Waals surface area contributed by atoms with Crippen molar-refractivity contribution < 1.29 is 0 Å². The highest BCUT2D eigenvalue weighted by molar-refractivity contribution is 7.27. The van der Waals surface area contributed by atoms with Crippen molar-refractivity contribution >= 4 is 107 Å². The van der Waals surface area contributed by atoms with Gasteiger partial charge in [-0.1, -0.05) is 91.0 Å². The van der Waals surface area contributed by atoms with Gasteiger partial charge in [0.2, 0.25) is 0 Å². The maximum atomic E-state index is 2.55. The summed E-state index contributed by atoms with van der Waals surface area (Å²) < 4.78 is 10.4. The zero-order valence-electron chi connectivity index (χ0n) is 24.6. The number of thiophene rings is 2. The Hall–Kier alpha value is -5.42. The Kier molecular flexibility index (Phi) is 4.90. The SMILES string of the molecule is c1ccc(-n2c3ccccc3c3c4c(c5ccccc5n4-c4ccc5sc6ccccc6c5c4)c4sc5ccccc5c4c32)cc1. The second kappa shape index (κ2) is 9.07. The van der Waals surface area contributed by atoms with E-state index in [1.54, 1.807) is 0 Å². The average molecular weight is 621 g/mol. The summed E-state index contributed by atoms with van der Waals surface area (Å²) in [5, 5.41) is 10.5. The predicted octanol–water partition coefficient (Wildman–Crippen LogP) is 12.6. The van der Waals surface area contributed by atoms with Crippen molar-refractivity contribution in [2.75, 3.05) is 0 Å². The number of aromatic nitrogens is 2. The van der Waals surface area contributed by atoms with Gasteiger partial charge >= 0.3 is 0 Å². The monoisotopic (exact) mass is 620 g/mol. The van der Waals surface area contributed by atoms with E-state index in [1.165, 1.54) is 95.3 Å². The maximum absolute atomic E-state index is 2.55. The Morgan fingerprint density at radius 2 is 0.870 bits per heavy atom. The lowest BCUT2D eigenvalue weighted by molar-refractivity contribution is 1.18. The van der Waals surface area contributed by atoms with Gasteiger partial charge in [0, 0.05) is 73.3 Å². The summed E-state index contributed by atoms with van der Waals surface area (Å²) in [6.07, 6.45) is 0. The highest BCUT2D eigenvalue weighted by Gasteiger charge is 2.26. The molecule has 7 aromatic carbocycles. The van der Waals surface area contributed by atoms with Crippen LogP contribution >= 0.6 is 22.7 Å². The van der Waals surface area contributed by atoms with Crippen molar-refractivity contribution in [1.82, 2.24) is 9.13 Å². The molecule has 214 valence electrons. The van der Waals surface area contributed by atoms with Crippen LogP contribution in [0.1, 0.15) is 0 Å². The summed E-state index contributed by atoms with van der Waals surface area (Å²) in [5.74, 6) is 0. The minimum Gasteiger partial charge on any atom is -0.308 e. The highest BCUT2D eigenvalue weighted by Crippen LogP contribution is 2.51. The van der Waals surface area contributed by atoms with Crippen LogP contribution in [0.2, 0.25) is 0 Å². The second-order valence-electron chi connectivity index (χ2n) is 12.1. The first kappa shape index (κ1) is 24.8. The van der Waals surface area contributed by atoms with E-state index >= 15 is 0 Å². The van der Waals surface area contributed by atoms with Gasteiger partial charge in [-0.15, -0.1) is 22.7 Å². The van der Waals surface area contributed by atoms with Crippen LogP contribution in [0, 0.1) is 0 Å². The first-order valence-corrected chi connectivity index (χ1v) is 17.2. The van der Waals surface area contributed by atoms with Crippen molar-refractivity contribution in [3.63, 3.8) is 0 Å². The van der Waals surface area contributed by atoms with E-state index in [1.807, 2.05) is 22.7 Å². The summed E-state index contributed by atoms with van der Waals surface area (Å²) in [7, 11) is 0. The minimum atomic E-state index is 1.18. The van der Waals surface area contributed by atoms with Gasteiger partial charge in [-0.05, 0) is 54.6 Å². The molecular weight excluding hydrogens is 597 g/mol. The summed E-state index contributed by atoms with van der Waals surface area (Å²) in [5.41, 5.74) is 7.39.